The number of nitrogens with one attached hydrogen (secondary N) is 2. The van der Waals surface area contributed by atoms with Gasteiger partial charge in [0.05, 0.1) is 0 Å². The van der Waals surface area contributed by atoms with Crippen molar-refractivity contribution < 1.29 is 14.4 Å². The van der Waals surface area contributed by atoms with Gasteiger partial charge in [0, 0.05) is 10.2 Å². The zero-order chi connectivity index (χ0) is 17.7. The highest BCUT2D eigenvalue weighted by molar-refractivity contribution is 9.10. The summed E-state index contributed by atoms with van der Waals surface area (Å²) in [4.78, 5) is 38.1. The van der Waals surface area contributed by atoms with Crippen molar-refractivity contribution in [1.29, 1.82) is 0 Å². The number of amides is 4. The first-order chi connectivity index (χ1) is 11.4. The van der Waals surface area contributed by atoms with E-state index in [4.69, 9.17) is 0 Å². The van der Waals surface area contributed by atoms with Crippen LogP contribution in [0.2, 0.25) is 0 Å². The van der Waals surface area contributed by atoms with Crippen molar-refractivity contribution >= 4 is 39.5 Å². The first kappa shape index (κ1) is 18.4. The molecule has 2 rings (SSSR count). The van der Waals surface area contributed by atoms with Crippen molar-refractivity contribution in [3.05, 3.63) is 28.7 Å². The van der Waals surface area contributed by atoms with E-state index in [1.807, 2.05) is 13.8 Å². The lowest BCUT2D eigenvalue weighted by atomic mass is 9.88. The summed E-state index contributed by atoms with van der Waals surface area (Å²) in [6.45, 7) is 3.66. The van der Waals surface area contributed by atoms with E-state index < -0.39 is 17.5 Å². The number of anilines is 1. The zero-order valence-electron chi connectivity index (χ0n) is 13.9. The number of halogens is 1. The first-order valence-electron chi connectivity index (χ1n) is 8.11. The van der Waals surface area contributed by atoms with Crippen LogP contribution in [0.15, 0.2) is 28.7 Å². The van der Waals surface area contributed by atoms with Crippen LogP contribution < -0.4 is 10.6 Å². The average molecular weight is 396 g/mol. The first-order valence-corrected chi connectivity index (χ1v) is 8.90. The highest BCUT2D eigenvalue weighted by Gasteiger charge is 2.50. The molecule has 1 heterocycles. The molecule has 1 aliphatic rings. The Morgan fingerprint density at radius 2 is 1.75 bits per heavy atom. The molecule has 0 atom stereocenters. The molecule has 0 spiro atoms. The summed E-state index contributed by atoms with van der Waals surface area (Å²) in [5, 5.41) is 5.49. The molecule has 0 saturated carbocycles. The SMILES string of the molecule is CCCC1(CCC)NC(=O)N(CC(=O)Nc2ccc(Br)cc2)C1=O. The van der Waals surface area contributed by atoms with Crippen LogP contribution in [0.3, 0.4) is 0 Å². The molecule has 1 saturated heterocycles. The Kier molecular flexibility index (Phi) is 5.99. The number of carbonyl (C=O) groups is 3. The number of nitrogens with zero attached hydrogens (tertiary/aromatic N) is 1. The van der Waals surface area contributed by atoms with Crippen LogP contribution in [0.4, 0.5) is 10.5 Å². The van der Waals surface area contributed by atoms with Crippen LogP contribution in [0.5, 0.6) is 0 Å². The van der Waals surface area contributed by atoms with E-state index in [1.54, 1.807) is 24.3 Å². The third kappa shape index (κ3) is 3.95. The van der Waals surface area contributed by atoms with Crippen LogP contribution in [-0.4, -0.2) is 34.8 Å². The molecule has 0 radical (unpaired) electrons. The monoisotopic (exact) mass is 395 g/mol. The van der Waals surface area contributed by atoms with Crippen molar-refractivity contribution in [1.82, 2.24) is 10.2 Å². The zero-order valence-corrected chi connectivity index (χ0v) is 15.5. The van der Waals surface area contributed by atoms with E-state index in [0.717, 1.165) is 22.2 Å². The van der Waals surface area contributed by atoms with E-state index in [-0.39, 0.29) is 12.5 Å². The lowest BCUT2D eigenvalue weighted by molar-refractivity contribution is -0.134. The van der Waals surface area contributed by atoms with Gasteiger partial charge in [0.25, 0.3) is 5.91 Å². The van der Waals surface area contributed by atoms with Gasteiger partial charge in [-0.05, 0) is 37.1 Å². The van der Waals surface area contributed by atoms with Gasteiger partial charge in [0.1, 0.15) is 12.1 Å². The van der Waals surface area contributed by atoms with Crippen LogP contribution in [0.1, 0.15) is 39.5 Å². The number of carbonyl (C=O) groups excluding carboxylic acids is 3. The predicted molar refractivity (Wildman–Crippen MR) is 95.6 cm³/mol. The van der Waals surface area contributed by atoms with E-state index in [0.29, 0.717) is 18.5 Å². The molecule has 24 heavy (non-hydrogen) atoms. The second-order valence-electron chi connectivity index (χ2n) is 5.96. The normalized spacial score (nSPS) is 16.2. The summed E-state index contributed by atoms with van der Waals surface area (Å²) in [5.41, 5.74) is -0.248. The van der Waals surface area contributed by atoms with Gasteiger partial charge in [-0.25, -0.2) is 4.79 Å². The smallest absolute Gasteiger partial charge is 0.325 e. The van der Waals surface area contributed by atoms with E-state index >= 15 is 0 Å². The van der Waals surface area contributed by atoms with Crippen LogP contribution >= 0.6 is 15.9 Å². The Labute approximate surface area is 150 Å². The minimum Gasteiger partial charge on any atom is -0.325 e. The third-order valence-corrected chi connectivity index (χ3v) is 4.56. The fourth-order valence-corrected chi connectivity index (χ4v) is 3.28. The van der Waals surface area contributed by atoms with Gasteiger partial charge in [-0.3, -0.25) is 14.5 Å². The Hall–Kier alpha value is -1.89. The molecule has 0 bridgehead atoms. The fourth-order valence-electron chi connectivity index (χ4n) is 3.01. The maximum absolute atomic E-state index is 12.7. The second kappa shape index (κ2) is 7.79. The number of rotatable bonds is 7. The van der Waals surface area contributed by atoms with Crippen LogP contribution in [-0.2, 0) is 9.59 Å². The van der Waals surface area contributed by atoms with E-state index in [2.05, 4.69) is 26.6 Å². The molecule has 1 aromatic rings. The molecule has 7 heteroatoms. The van der Waals surface area contributed by atoms with Gasteiger partial charge in [-0.15, -0.1) is 0 Å². The molecular formula is C17H22BrN3O3. The molecule has 130 valence electrons. The van der Waals surface area contributed by atoms with Crippen molar-refractivity contribution in [3.8, 4) is 0 Å². The second-order valence-corrected chi connectivity index (χ2v) is 6.87. The molecule has 1 fully saturated rings. The molecule has 0 aromatic heterocycles. The Morgan fingerprint density at radius 1 is 1.17 bits per heavy atom. The average Bonchev–Trinajstić information content (AvgIpc) is 2.75. The summed E-state index contributed by atoms with van der Waals surface area (Å²) in [5.74, 6) is -0.702. The summed E-state index contributed by atoms with van der Waals surface area (Å²) in [6.07, 6.45) is 2.72. The molecule has 1 aliphatic heterocycles. The molecule has 6 nitrogen and oxygen atoms in total. The highest BCUT2D eigenvalue weighted by Crippen LogP contribution is 2.28. The molecule has 4 amide bonds. The predicted octanol–water partition coefficient (Wildman–Crippen LogP) is 3.28. The minimum atomic E-state index is -0.863. The van der Waals surface area contributed by atoms with Gasteiger partial charge in [-0.1, -0.05) is 42.6 Å². The van der Waals surface area contributed by atoms with Crippen LogP contribution in [0.25, 0.3) is 0 Å². The summed E-state index contributed by atoms with van der Waals surface area (Å²) in [7, 11) is 0. The number of urea groups is 1. The maximum atomic E-state index is 12.7. The minimum absolute atomic E-state index is 0.282. The lowest BCUT2D eigenvalue weighted by Gasteiger charge is -2.25. The Morgan fingerprint density at radius 3 is 2.29 bits per heavy atom. The van der Waals surface area contributed by atoms with Gasteiger partial charge in [0.15, 0.2) is 0 Å². The van der Waals surface area contributed by atoms with Gasteiger partial charge < -0.3 is 10.6 Å². The van der Waals surface area contributed by atoms with Crippen molar-refractivity contribution in [2.24, 2.45) is 0 Å². The van der Waals surface area contributed by atoms with Gasteiger partial charge in [0.2, 0.25) is 5.91 Å². The standard InChI is InChI=1S/C17H22BrN3O3/c1-3-9-17(10-4-2)15(23)21(16(24)20-17)11-14(22)19-13-7-5-12(18)6-8-13/h5-8H,3-4,9-11H2,1-2H3,(H,19,22)(H,20,24). The fraction of sp³-hybridized carbons (Fsp3) is 0.471. The van der Waals surface area contributed by atoms with E-state index in [9.17, 15) is 14.4 Å². The Bertz CT molecular complexity index is 624. The van der Waals surface area contributed by atoms with E-state index in [1.165, 1.54) is 0 Å². The quantitative estimate of drug-likeness (QED) is 0.695. The van der Waals surface area contributed by atoms with Gasteiger partial charge in [-0.2, -0.15) is 0 Å². The number of hydrogen-bond acceptors (Lipinski definition) is 3. The van der Waals surface area contributed by atoms with Crippen molar-refractivity contribution in [3.63, 3.8) is 0 Å². The maximum Gasteiger partial charge on any atom is 0.325 e. The molecule has 1 aromatic carbocycles. The molecule has 0 aliphatic carbocycles. The largest absolute Gasteiger partial charge is 0.325 e. The van der Waals surface area contributed by atoms with Crippen molar-refractivity contribution in [2.45, 2.75) is 45.1 Å². The lowest BCUT2D eigenvalue weighted by Crippen LogP contribution is -2.47. The number of imide groups is 1. The summed E-state index contributed by atoms with van der Waals surface area (Å²) in [6, 6.07) is 6.60. The number of hydrogen-bond donors (Lipinski definition) is 2. The molecular weight excluding hydrogens is 374 g/mol. The van der Waals surface area contributed by atoms with Crippen LogP contribution in [0, 0.1) is 0 Å². The number of benzene rings is 1. The highest BCUT2D eigenvalue weighted by atomic mass is 79.9. The molecule has 0 unspecified atom stereocenters. The van der Waals surface area contributed by atoms with Crippen molar-refractivity contribution in [2.75, 3.05) is 11.9 Å². The Balaban J connectivity index is 2.05. The summed E-state index contributed by atoms with van der Waals surface area (Å²) >= 11 is 3.32. The molecule has 2 N–H and O–H groups in total. The van der Waals surface area contributed by atoms with Gasteiger partial charge >= 0.3 is 6.03 Å². The summed E-state index contributed by atoms with van der Waals surface area (Å²) < 4.78 is 0.901. The third-order valence-electron chi connectivity index (χ3n) is 4.03. The topological polar surface area (TPSA) is 78.5 Å².